The highest BCUT2D eigenvalue weighted by Gasteiger charge is 2.02. The van der Waals surface area contributed by atoms with Gasteiger partial charge in [-0.05, 0) is 30.2 Å². The van der Waals surface area contributed by atoms with Crippen molar-refractivity contribution in [2.75, 3.05) is 0 Å². The molecule has 0 radical (unpaired) electrons. The summed E-state index contributed by atoms with van der Waals surface area (Å²) in [4.78, 5) is 20.8. The van der Waals surface area contributed by atoms with Gasteiger partial charge in [-0.25, -0.2) is 4.79 Å². The summed E-state index contributed by atoms with van der Waals surface area (Å²) in [5, 5.41) is 8.16. The van der Waals surface area contributed by atoms with Crippen molar-refractivity contribution in [1.29, 1.82) is 0 Å². The van der Waals surface area contributed by atoms with E-state index in [9.17, 15) is 9.59 Å². The minimum absolute atomic E-state index is 0.377. The lowest BCUT2D eigenvalue weighted by molar-refractivity contribution is 0.0696. The van der Waals surface area contributed by atoms with E-state index in [4.69, 9.17) is 16.7 Å². The van der Waals surface area contributed by atoms with E-state index < -0.39 is 11.2 Å². The molecular formula is C15H13ClO3. The molecule has 4 heteroatoms. The highest BCUT2D eigenvalue weighted by atomic mass is 35.5. The summed E-state index contributed by atoms with van der Waals surface area (Å²) < 4.78 is 0. The Kier molecular flexibility index (Phi) is 5.76. The Morgan fingerprint density at radius 1 is 0.947 bits per heavy atom. The molecule has 0 aliphatic heterocycles. The number of carbonyl (C=O) groups excluding carboxylic acids is 1. The van der Waals surface area contributed by atoms with Crippen LogP contribution in [0.4, 0.5) is 0 Å². The molecule has 0 heterocycles. The van der Waals surface area contributed by atoms with Crippen LogP contribution >= 0.6 is 11.6 Å². The lowest BCUT2D eigenvalue weighted by Gasteiger charge is -1.96. The van der Waals surface area contributed by atoms with Gasteiger partial charge >= 0.3 is 5.97 Å². The smallest absolute Gasteiger partial charge is 0.335 e. The van der Waals surface area contributed by atoms with Crippen molar-refractivity contribution < 1.29 is 14.7 Å². The number of hydrogen-bond acceptors (Lipinski definition) is 2. The third kappa shape index (κ3) is 4.94. The van der Waals surface area contributed by atoms with Crippen LogP contribution in [0, 0.1) is 6.92 Å². The maximum Gasteiger partial charge on any atom is 0.335 e. The highest BCUT2D eigenvalue weighted by Crippen LogP contribution is 2.05. The molecular weight excluding hydrogens is 264 g/mol. The summed E-state index contributed by atoms with van der Waals surface area (Å²) in [6.07, 6.45) is 0. The van der Waals surface area contributed by atoms with Crippen LogP contribution in [0.2, 0.25) is 0 Å². The maximum atomic E-state index is 10.4. The molecule has 0 unspecified atom stereocenters. The zero-order valence-corrected chi connectivity index (χ0v) is 11.1. The highest BCUT2D eigenvalue weighted by molar-refractivity contribution is 6.67. The number of benzene rings is 2. The van der Waals surface area contributed by atoms with Crippen molar-refractivity contribution >= 4 is 22.8 Å². The van der Waals surface area contributed by atoms with Crippen LogP contribution < -0.4 is 0 Å². The lowest BCUT2D eigenvalue weighted by Crippen LogP contribution is -1.97. The molecule has 3 nitrogen and oxygen atoms in total. The zero-order chi connectivity index (χ0) is 14.3. The van der Waals surface area contributed by atoms with Crippen molar-refractivity contribution in [2.24, 2.45) is 0 Å². The zero-order valence-electron chi connectivity index (χ0n) is 10.3. The first kappa shape index (κ1) is 14.9. The van der Waals surface area contributed by atoms with Crippen molar-refractivity contribution in [2.45, 2.75) is 6.92 Å². The average molecular weight is 277 g/mol. The van der Waals surface area contributed by atoms with Gasteiger partial charge in [-0.2, -0.15) is 0 Å². The molecule has 2 rings (SSSR count). The molecule has 1 N–H and O–H groups in total. The number of carboxylic acids is 1. The average Bonchev–Trinajstić information content (AvgIpc) is 2.40. The Labute approximate surface area is 116 Å². The molecule has 0 aromatic heterocycles. The second-order valence-corrected chi connectivity index (χ2v) is 4.10. The summed E-state index contributed by atoms with van der Waals surface area (Å²) in [6.45, 7) is 1.78. The molecule has 0 aliphatic rings. The molecule has 0 spiro atoms. The Bertz CT molecular complexity index is 565. The van der Waals surface area contributed by atoms with Gasteiger partial charge in [-0.3, -0.25) is 4.79 Å². The summed E-state index contributed by atoms with van der Waals surface area (Å²) in [5.74, 6) is -0.863. The fourth-order valence-corrected chi connectivity index (χ4v) is 1.51. The van der Waals surface area contributed by atoms with Gasteiger partial charge in [0, 0.05) is 5.56 Å². The molecule has 0 saturated carbocycles. The van der Waals surface area contributed by atoms with Crippen molar-refractivity contribution in [3.8, 4) is 0 Å². The standard InChI is InChI=1S/C8H8O2.C7H5ClO/c1-6-4-2-3-5-7(6)8(9)10;8-7(9)6-4-2-1-3-5-6/h2-5H,1H3,(H,9,10);1-5H. The first-order chi connectivity index (χ1) is 9.02. The second-order valence-electron chi connectivity index (χ2n) is 3.76. The molecule has 0 bridgehead atoms. The van der Waals surface area contributed by atoms with Crippen LogP contribution in [0.5, 0.6) is 0 Å². The van der Waals surface area contributed by atoms with E-state index in [1.54, 1.807) is 49.4 Å². The predicted octanol–water partition coefficient (Wildman–Crippen LogP) is 3.76. The molecule has 2 aromatic rings. The quantitative estimate of drug-likeness (QED) is 0.850. The van der Waals surface area contributed by atoms with Gasteiger partial charge in [0.1, 0.15) is 0 Å². The van der Waals surface area contributed by atoms with Gasteiger partial charge in [-0.1, -0.05) is 48.5 Å². The molecule has 0 aliphatic carbocycles. The van der Waals surface area contributed by atoms with Crippen molar-refractivity contribution in [3.05, 3.63) is 71.3 Å². The number of carbonyl (C=O) groups is 2. The van der Waals surface area contributed by atoms with Gasteiger partial charge in [0.2, 0.25) is 0 Å². The third-order valence-electron chi connectivity index (χ3n) is 2.38. The van der Waals surface area contributed by atoms with Gasteiger partial charge in [-0.15, -0.1) is 0 Å². The monoisotopic (exact) mass is 276 g/mol. The van der Waals surface area contributed by atoms with Crippen LogP contribution in [-0.4, -0.2) is 16.3 Å². The molecule has 98 valence electrons. The van der Waals surface area contributed by atoms with Gasteiger partial charge < -0.3 is 5.11 Å². The van der Waals surface area contributed by atoms with Gasteiger partial charge in [0.25, 0.3) is 5.24 Å². The van der Waals surface area contributed by atoms with Crippen LogP contribution in [0.1, 0.15) is 26.3 Å². The largest absolute Gasteiger partial charge is 0.478 e. The van der Waals surface area contributed by atoms with Crippen molar-refractivity contribution in [1.82, 2.24) is 0 Å². The number of halogens is 1. The van der Waals surface area contributed by atoms with Crippen LogP contribution in [0.15, 0.2) is 54.6 Å². The molecule has 19 heavy (non-hydrogen) atoms. The molecule has 0 amide bonds. The van der Waals surface area contributed by atoms with E-state index in [-0.39, 0.29) is 0 Å². The fraction of sp³-hybridized carbons (Fsp3) is 0.0667. The number of rotatable bonds is 2. The van der Waals surface area contributed by atoms with Crippen LogP contribution in [0.25, 0.3) is 0 Å². The SMILES string of the molecule is Cc1ccccc1C(=O)O.O=C(Cl)c1ccccc1. The third-order valence-corrected chi connectivity index (χ3v) is 2.59. The topological polar surface area (TPSA) is 54.4 Å². The minimum Gasteiger partial charge on any atom is -0.478 e. The van der Waals surface area contributed by atoms with Crippen molar-refractivity contribution in [3.63, 3.8) is 0 Å². The number of carboxylic acid groups (broad SMARTS) is 1. The first-order valence-corrected chi connectivity index (χ1v) is 5.94. The van der Waals surface area contributed by atoms with E-state index >= 15 is 0 Å². The van der Waals surface area contributed by atoms with Crippen LogP contribution in [-0.2, 0) is 0 Å². The van der Waals surface area contributed by atoms with Gasteiger partial charge in [0.15, 0.2) is 0 Å². The number of hydrogen-bond donors (Lipinski definition) is 1. The Morgan fingerprint density at radius 3 is 1.84 bits per heavy atom. The second kappa shape index (κ2) is 7.34. The summed E-state index contributed by atoms with van der Waals surface area (Å²) in [5.41, 5.74) is 1.72. The van der Waals surface area contributed by atoms with E-state index in [2.05, 4.69) is 0 Å². The number of aryl methyl sites for hydroxylation is 1. The van der Waals surface area contributed by atoms with E-state index in [1.165, 1.54) is 0 Å². The molecule has 2 aromatic carbocycles. The normalized spacial score (nSPS) is 9.16. The Balaban J connectivity index is 0.000000191. The number of aromatic carboxylic acids is 1. The summed E-state index contributed by atoms with van der Waals surface area (Å²) in [7, 11) is 0. The van der Waals surface area contributed by atoms with E-state index in [0.717, 1.165) is 5.56 Å². The Hall–Kier alpha value is -2.13. The Morgan fingerprint density at radius 2 is 1.47 bits per heavy atom. The fourth-order valence-electron chi connectivity index (χ4n) is 1.38. The predicted molar refractivity (Wildman–Crippen MR) is 74.8 cm³/mol. The van der Waals surface area contributed by atoms with E-state index in [0.29, 0.717) is 11.1 Å². The molecule has 0 fully saturated rings. The van der Waals surface area contributed by atoms with Gasteiger partial charge in [0.05, 0.1) is 5.56 Å². The maximum absolute atomic E-state index is 10.4. The van der Waals surface area contributed by atoms with E-state index in [1.807, 2.05) is 12.1 Å². The molecule has 0 atom stereocenters. The lowest BCUT2D eigenvalue weighted by atomic mass is 10.1. The molecule has 0 saturated heterocycles. The van der Waals surface area contributed by atoms with Crippen LogP contribution in [0.3, 0.4) is 0 Å². The summed E-state index contributed by atoms with van der Waals surface area (Å²) >= 11 is 5.16. The first-order valence-electron chi connectivity index (χ1n) is 5.56. The minimum atomic E-state index is -0.863. The summed E-state index contributed by atoms with van der Waals surface area (Å²) in [6, 6.07) is 15.7.